The predicted octanol–water partition coefficient (Wildman–Crippen LogP) is 5.43. The zero-order chi connectivity index (χ0) is 22.7. The molecule has 4 aliphatic carbocycles. The van der Waals surface area contributed by atoms with Crippen LogP contribution in [0.5, 0.6) is 0 Å². The van der Waals surface area contributed by atoms with E-state index < -0.39 is 23.2 Å². The Hall–Kier alpha value is -1.97. The molecule has 0 aromatic carbocycles. The predicted molar refractivity (Wildman–Crippen MR) is 110 cm³/mol. The van der Waals surface area contributed by atoms with Crippen LogP contribution in [-0.4, -0.2) is 30.6 Å². The molecule has 0 radical (unpaired) electrons. The number of ether oxygens (including phenoxy) is 1. The Balaban J connectivity index is 1.63. The number of fused-ring (bicyclic) bond motifs is 5. The highest BCUT2D eigenvalue weighted by Crippen LogP contribution is 2.68. The number of carbonyl (C=O) groups is 1. The van der Waals surface area contributed by atoms with Gasteiger partial charge in [-0.2, -0.15) is 13.2 Å². The molecule has 3 fully saturated rings. The third-order valence-electron chi connectivity index (χ3n) is 9.04. The fourth-order valence-corrected chi connectivity index (χ4v) is 7.41. The van der Waals surface area contributed by atoms with Gasteiger partial charge in [-0.3, -0.25) is 0 Å². The number of esters is 1. The molecule has 6 unspecified atom stereocenters. The minimum atomic E-state index is -5.04. The van der Waals surface area contributed by atoms with Crippen LogP contribution in [0, 0.1) is 40.9 Å². The maximum absolute atomic E-state index is 13.0. The van der Waals surface area contributed by atoms with E-state index >= 15 is 0 Å². The lowest BCUT2D eigenvalue weighted by atomic mass is 9.46. The number of alkyl halides is 3. The summed E-state index contributed by atoms with van der Waals surface area (Å²) < 4.78 is 44.0. The van der Waals surface area contributed by atoms with E-state index in [9.17, 15) is 18.0 Å². The molecule has 6 atom stereocenters. The fourth-order valence-electron chi connectivity index (χ4n) is 7.41. The van der Waals surface area contributed by atoms with Gasteiger partial charge in [0, 0.05) is 5.41 Å². The Labute approximate surface area is 181 Å². The molecule has 0 heterocycles. The van der Waals surface area contributed by atoms with Gasteiger partial charge in [-0.15, -0.1) is 6.42 Å². The molecule has 4 aliphatic rings. The first kappa shape index (κ1) is 22.2. The summed E-state index contributed by atoms with van der Waals surface area (Å²) in [5.74, 6) is 1.30. The number of oxime groups is 1. The van der Waals surface area contributed by atoms with Gasteiger partial charge in [-0.25, -0.2) is 4.79 Å². The number of nitrogens with zero attached hydrogens (tertiary/aromatic N) is 1. The molecule has 4 nitrogen and oxygen atoms in total. The van der Waals surface area contributed by atoms with Gasteiger partial charge in [0.25, 0.3) is 0 Å². The van der Waals surface area contributed by atoms with E-state index in [1.165, 1.54) is 5.57 Å². The molecular weight excluding hydrogens is 407 g/mol. The van der Waals surface area contributed by atoms with E-state index in [0.29, 0.717) is 31.1 Å². The van der Waals surface area contributed by atoms with E-state index in [2.05, 4.69) is 24.1 Å². The first-order valence-electron chi connectivity index (χ1n) is 11.1. The van der Waals surface area contributed by atoms with Gasteiger partial charge in [0.2, 0.25) is 0 Å². The summed E-state index contributed by atoms with van der Waals surface area (Å²) in [5.41, 5.74) is 0.307. The van der Waals surface area contributed by atoms with E-state index in [4.69, 9.17) is 16.0 Å². The zero-order valence-corrected chi connectivity index (χ0v) is 18.3. The molecule has 31 heavy (non-hydrogen) atoms. The first-order valence-corrected chi connectivity index (χ1v) is 11.1. The summed E-state index contributed by atoms with van der Waals surface area (Å²) in [4.78, 5) is 16.7. The van der Waals surface area contributed by atoms with Crippen molar-refractivity contribution in [1.82, 2.24) is 0 Å². The number of hydrogen-bond donors (Lipinski definition) is 0. The smallest absolute Gasteiger partial charge is 0.439 e. The van der Waals surface area contributed by atoms with Crippen molar-refractivity contribution in [2.24, 2.45) is 33.7 Å². The second-order valence-electron chi connectivity index (χ2n) is 10.1. The molecule has 0 N–H and O–H groups in total. The van der Waals surface area contributed by atoms with Crippen LogP contribution < -0.4 is 0 Å². The lowest BCUT2D eigenvalue weighted by Crippen LogP contribution is -2.56. The largest absolute Gasteiger partial charge is 0.490 e. The molecule has 4 rings (SSSR count). The van der Waals surface area contributed by atoms with Gasteiger partial charge in [-0.05, 0) is 80.6 Å². The van der Waals surface area contributed by atoms with Crippen molar-refractivity contribution in [2.45, 2.75) is 77.0 Å². The van der Waals surface area contributed by atoms with Gasteiger partial charge in [0.15, 0.2) is 5.60 Å². The van der Waals surface area contributed by atoms with Crippen molar-refractivity contribution < 1.29 is 27.5 Å². The molecule has 0 bridgehead atoms. The van der Waals surface area contributed by atoms with Crippen LogP contribution >= 0.6 is 0 Å². The lowest BCUT2D eigenvalue weighted by Gasteiger charge is -2.58. The van der Waals surface area contributed by atoms with Crippen LogP contribution in [0.2, 0.25) is 0 Å². The van der Waals surface area contributed by atoms with Crippen LogP contribution in [0.4, 0.5) is 13.2 Å². The molecular formula is C24H30F3NO3. The Morgan fingerprint density at radius 1 is 1.16 bits per heavy atom. The van der Waals surface area contributed by atoms with Crippen molar-refractivity contribution in [1.29, 1.82) is 0 Å². The number of hydrogen-bond acceptors (Lipinski definition) is 4. The third-order valence-corrected chi connectivity index (χ3v) is 9.04. The summed E-state index contributed by atoms with van der Waals surface area (Å²) in [6, 6.07) is 0. The average molecular weight is 438 g/mol. The minimum absolute atomic E-state index is 0.0566. The second kappa shape index (κ2) is 7.28. The lowest BCUT2D eigenvalue weighted by molar-refractivity contribution is -0.220. The van der Waals surface area contributed by atoms with Crippen LogP contribution in [0.3, 0.4) is 0 Å². The molecule has 0 amide bonds. The van der Waals surface area contributed by atoms with Gasteiger partial charge in [0.05, 0.1) is 5.71 Å². The Kier molecular flexibility index (Phi) is 5.22. The standard InChI is InChI=1S/C24H30F3NO3/c1-5-23(31-20(29)24(25,26)27)13-10-19-17-7-6-15-14-16(28-30-4)8-11-21(15,2)18(17)9-12-22(19,23)3/h1,14,17-19H,6-13H2,2-4H3/b28-16+. The molecule has 0 aromatic rings. The van der Waals surface area contributed by atoms with E-state index in [1.54, 1.807) is 7.11 Å². The van der Waals surface area contributed by atoms with Crippen LogP contribution in [0.1, 0.15) is 65.2 Å². The highest BCUT2D eigenvalue weighted by molar-refractivity contribution is 5.96. The van der Waals surface area contributed by atoms with Crippen molar-refractivity contribution in [3.8, 4) is 12.3 Å². The normalized spacial score (nSPS) is 43.2. The molecule has 0 aromatic heterocycles. The number of allylic oxidation sites excluding steroid dienone is 2. The highest BCUT2D eigenvalue weighted by atomic mass is 19.4. The van der Waals surface area contributed by atoms with Gasteiger partial charge < -0.3 is 9.57 Å². The maximum Gasteiger partial charge on any atom is 0.490 e. The fraction of sp³-hybridized carbons (Fsp3) is 0.750. The quantitative estimate of drug-likeness (QED) is 0.329. The van der Waals surface area contributed by atoms with Gasteiger partial charge in [-0.1, -0.05) is 30.5 Å². The second-order valence-corrected chi connectivity index (χ2v) is 10.1. The Morgan fingerprint density at radius 3 is 2.52 bits per heavy atom. The van der Waals surface area contributed by atoms with Crippen LogP contribution in [-0.2, 0) is 14.4 Å². The van der Waals surface area contributed by atoms with Gasteiger partial charge in [0.1, 0.15) is 7.11 Å². The summed E-state index contributed by atoms with van der Waals surface area (Å²) in [6.45, 7) is 4.28. The first-order chi connectivity index (χ1) is 14.5. The molecule has 3 saturated carbocycles. The van der Waals surface area contributed by atoms with E-state index in [-0.39, 0.29) is 11.3 Å². The van der Waals surface area contributed by atoms with E-state index in [0.717, 1.165) is 37.8 Å². The molecule has 0 spiro atoms. The topological polar surface area (TPSA) is 47.9 Å². The van der Waals surface area contributed by atoms with Crippen molar-refractivity contribution in [3.05, 3.63) is 11.6 Å². The van der Waals surface area contributed by atoms with Crippen molar-refractivity contribution in [3.63, 3.8) is 0 Å². The summed E-state index contributed by atoms with van der Waals surface area (Å²) >= 11 is 0. The molecule has 170 valence electrons. The maximum atomic E-state index is 13.0. The number of terminal acetylenes is 1. The number of carbonyl (C=O) groups excluding carboxylic acids is 1. The monoisotopic (exact) mass is 437 g/mol. The SMILES string of the molecule is C#CC1(OC(=O)C(F)(F)F)CCC2C3CCC4=C/C(=N/OC)CCC4(C)C3CCC21C. The van der Waals surface area contributed by atoms with Crippen molar-refractivity contribution >= 4 is 11.7 Å². The Morgan fingerprint density at radius 2 is 1.87 bits per heavy atom. The molecule has 7 heteroatoms. The Bertz CT molecular complexity index is 872. The van der Waals surface area contributed by atoms with Gasteiger partial charge >= 0.3 is 12.1 Å². The molecule has 0 aliphatic heterocycles. The van der Waals surface area contributed by atoms with Crippen LogP contribution in [0.25, 0.3) is 0 Å². The third kappa shape index (κ3) is 3.20. The molecule has 0 saturated heterocycles. The zero-order valence-electron chi connectivity index (χ0n) is 18.3. The van der Waals surface area contributed by atoms with E-state index in [1.807, 2.05) is 6.92 Å². The van der Waals surface area contributed by atoms with Crippen LogP contribution in [0.15, 0.2) is 16.8 Å². The van der Waals surface area contributed by atoms with Crippen molar-refractivity contribution in [2.75, 3.05) is 7.11 Å². The number of rotatable bonds is 2. The summed E-state index contributed by atoms with van der Waals surface area (Å²) in [5, 5.41) is 4.13. The summed E-state index contributed by atoms with van der Waals surface area (Å²) in [6.07, 6.45) is 9.19. The highest BCUT2D eigenvalue weighted by Gasteiger charge is 2.66. The average Bonchev–Trinajstić information content (AvgIpc) is 3.00. The summed E-state index contributed by atoms with van der Waals surface area (Å²) in [7, 11) is 1.56. The minimum Gasteiger partial charge on any atom is -0.439 e. The number of halogens is 3.